The van der Waals surface area contributed by atoms with Crippen molar-refractivity contribution < 1.29 is 9.90 Å². The molecule has 0 unspecified atom stereocenters. The average molecular weight is 259 g/mol. The normalized spacial score (nSPS) is 11.0. The molecule has 0 aliphatic heterocycles. The summed E-state index contributed by atoms with van der Waals surface area (Å²) in [6, 6.07) is 2.66. The van der Waals surface area contributed by atoms with Crippen LogP contribution < -0.4 is 5.56 Å². The summed E-state index contributed by atoms with van der Waals surface area (Å²) in [6.07, 6.45) is 3.30. The van der Waals surface area contributed by atoms with Crippen molar-refractivity contribution >= 4 is 11.6 Å². The van der Waals surface area contributed by atoms with Gasteiger partial charge < -0.3 is 10.1 Å². The Balaban J connectivity index is 2.34. The molecule has 96 valence electrons. The Kier molecular flexibility index (Phi) is 2.24. The number of aromatic nitrogens is 5. The molecule has 0 atom stereocenters. The Hall–Kier alpha value is -2.90. The summed E-state index contributed by atoms with van der Waals surface area (Å²) in [5.74, 6) is -1.15. The summed E-state index contributed by atoms with van der Waals surface area (Å²) < 4.78 is 2.96. The molecule has 3 rings (SSSR count). The van der Waals surface area contributed by atoms with Crippen molar-refractivity contribution in [2.24, 2.45) is 7.05 Å². The van der Waals surface area contributed by atoms with E-state index in [2.05, 4.69) is 15.2 Å². The highest BCUT2D eigenvalue weighted by molar-refractivity contribution is 5.86. The fourth-order valence-corrected chi connectivity index (χ4v) is 1.87. The van der Waals surface area contributed by atoms with Gasteiger partial charge in [0.2, 0.25) is 0 Å². The van der Waals surface area contributed by atoms with Crippen molar-refractivity contribution in [3.8, 4) is 11.3 Å². The lowest BCUT2D eigenvalue weighted by molar-refractivity contribution is 0.0690. The maximum absolute atomic E-state index is 11.6. The first-order valence-electron chi connectivity index (χ1n) is 5.40. The third-order valence-electron chi connectivity index (χ3n) is 2.68. The largest absolute Gasteiger partial charge is 0.476 e. The molecule has 19 heavy (non-hydrogen) atoms. The third kappa shape index (κ3) is 1.79. The van der Waals surface area contributed by atoms with E-state index in [1.54, 1.807) is 24.1 Å². The molecule has 0 saturated carbocycles. The number of carboxylic acid groups (broad SMARTS) is 1. The van der Waals surface area contributed by atoms with Crippen LogP contribution in [-0.4, -0.2) is 35.5 Å². The minimum atomic E-state index is -1.15. The van der Waals surface area contributed by atoms with Crippen LogP contribution in [0.15, 0.2) is 29.3 Å². The van der Waals surface area contributed by atoms with E-state index in [0.29, 0.717) is 16.9 Å². The Morgan fingerprint density at radius 3 is 2.84 bits per heavy atom. The van der Waals surface area contributed by atoms with Gasteiger partial charge in [0.1, 0.15) is 5.65 Å². The van der Waals surface area contributed by atoms with Crippen LogP contribution in [-0.2, 0) is 7.05 Å². The van der Waals surface area contributed by atoms with Crippen molar-refractivity contribution in [2.45, 2.75) is 0 Å². The second-order valence-electron chi connectivity index (χ2n) is 4.05. The summed E-state index contributed by atoms with van der Waals surface area (Å²) in [5.41, 5.74) is 1.02. The highest BCUT2D eigenvalue weighted by Crippen LogP contribution is 2.17. The number of H-pyrrole nitrogens is 1. The van der Waals surface area contributed by atoms with Crippen molar-refractivity contribution in [3.63, 3.8) is 0 Å². The van der Waals surface area contributed by atoms with E-state index < -0.39 is 5.97 Å². The van der Waals surface area contributed by atoms with Gasteiger partial charge in [-0.05, 0) is 0 Å². The van der Waals surface area contributed by atoms with Crippen molar-refractivity contribution in [3.05, 3.63) is 40.6 Å². The molecule has 3 aromatic heterocycles. The maximum Gasteiger partial charge on any atom is 0.356 e. The molecule has 0 saturated heterocycles. The number of rotatable bonds is 2. The fourth-order valence-electron chi connectivity index (χ4n) is 1.87. The molecule has 0 fully saturated rings. The Morgan fingerprint density at radius 2 is 2.21 bits per heavy atom. The van der Waals surface area contributed by atoms with Crippen LogP contribution in [0, 0.1) is 0 Å². The highest BCUT2D eigenvalue weighted by atomic mass is 16.4. The minimum Gasteiger partial charge on any atom is -0.476 e. The molecule has 0 radical (unpaired) electrons. The molecule has 3 aromatic rings. The number of carbonyl (C=O) groups is 1. The molecule has 8 nitrogen and oxygen atoms in total. The van der Waals surface area contributed by atoms with Crippen LogP contribution >= 0.6 is 0 Å². The summed E-state index contributed by atoms with van der Waals surface area (Å²) in [5, 5.41) is 16.9. The summed E-state index contributed by atoms with van der Waals surface area (Å²) in [6.45, 7) is 0. The predicted molar refractivity (Wildman–Crippen MR) is 65.0 cm³/mol. The standard InChI is InChI=1S/C11H9N5O3/c1-15-5-6(4-12-15)8-3-10(17)13-9-2-7(11(18)19)14-16(8)9/h2-5H,1H3,(H,13,17)(H,18,19). The minimum absolute atomic E-state index is 0.132. The quantitative estimate of drug-likeness (QED) is 0.680. The van der Waals surface area contributed by atoms with Gasteiger partial charge in [0.15, 0.2) is 5.69 Å². The van der Waals surface area contributed by atoms with Gasteiger partial charge in [-0.1, -0.05) is 0 Å². The van der Waals surface area contributed by atoms with Crippen LogP contribution in [0.3, 0.4) is 0 Å². The number of aryl methyl sites for hydroxylation is 1. The monoisotopic (exact) mass is 259 g/mol. The van der Waals surface area contributed by atoms with E-state index in [-0.39, 0.29) is 11.3 Å². The molecular formula is C11H9N5O3. The molecule has 0 aromatic carbocycles. The lowest BCUT2D eigenvalue weighted by atomic mass is 10.2. The first-order chi connectivity index (χ1) is 9.04. The van der Waals surface area contributed by atoms with Crippen molar-refractivity contribution in [2.75, 3.05) is 0 Å². The molecule has 0 aliphatic carbocycles. The Bertz CT molecular complexity index is 842. The van der Waals surface area contributed by atoms with Gasteiger partial charge in [-0.3, -0.25) is 9.48 Å². The van der Waals surface area contributed by atoms with Crippen LogP contribution in [0.5, 0.6) is 0 Å². The van der Waals surface area contributed by atoms with Crippen LogP contribution in [0.1, 0.15) is 10.5 Å². The number of nitrogens with one attached hydrogen (secondary N) is 1. The van der Waals surface area contributed by atoms with Crippen LogP contribution in [0.2, 0.25) is 0 Å². The number of fused-ring (bicyclic) bond motifs is 1. The number of nitrogens with zero attached hydrogens (tertiary/aromatic N) is 4. The molecule has 0 aliphatic rings. The van der Waals surface area contributed by atoms with Gasteiger partial charge in [-0.25, -0.2) is 9.31 Å². The van der Waals surface area contributed by atoms with E-state index in [1.807, 2.05) is 0 Å². The van der Waals surface area contributed by atoms with Gasteiger partial charge >= 0.3 is 5.97 Å². The second kappa shape index (κ2) is 3.80. The van der Waals surface area contributed by atoms with E-state index in [0.717, 1.165) is 0 Å². The molecule has 0 spiro atoms. The zero-order valence-electron chi connectivity index (χ0n) is 9.86. The van der Waals surface area contributed by atoms with Gasteiger partial charge in [0.05, 0.1) is 11.9 Å². The van der Waals surface area contributed by atoms with Crippen molar-refractivity contribution in [1.29, 1.82) is 0 Å². The topological polar surface area (TPSA) is 105 Å². The number of aromatic carboxylic acids is 1. The maximum atomic E-state index is 11.6. The molecule has 2 N–H and O–H groups in total. The summed E-state index contributed by atoms with van der Waals surface area (Å²) in [4.78, 5) is 25.1. The van der Waals surface area contributed by atoms with Crippen molar-refractivity contribution in [1.82, 2.24) is 24.4 Å². The van der Waals surface area contributed by atoms with E-state index in [9.17, 15) is 9.59 Å². The fraction of sp³-hybridized carbons (Fsp3) is 0.0909. The summed E-state index contributed by atoms with van der Waals surface area (Å²) in [7, 11) is 1.75. The van der Waals surface area contributed by atoms with E-state index in [4.69, 9.17) is 5.11 Å². The first-order valence-corrected chi connectivity index (χ1v) is 5.40. The van der Waals surface area contributed by atoms with E-state index >= 15 is 0 Å². The number of hydrogen-bond acceptors (Lipinski definition) is 4. The highest BCUT2D eigenvalue weighted by Gasteiger charge is 2.14. The van der Waals surface area contributed by atoms with Crippen LogP contribution in [0.25, 0.3) is 16.9 Å². The molecular weight excluding hydrogens is 250 g/mol. The molecule has 3 heterocycles. The molecule has 8 heteroatoms. The zero-order valence-corrected chi connectivity index (χ0v) is 9.86. The van der Waals surface area contributed by atoms with Gasteiger partial charge in [0.25, 0.3) is 5.56 Å². The first kappa shape index (κ1) is 11.2. The third-order valence-corrected chi connectivity index (χ3v) is 2.68. The average Bonchev–Trinajstić information content (AvgIpc) is 2.93. The SMILES string of the molecule is Cn1cc(-c2cc(=O)[nH]c3cc(C(=O)O)nn23)cn1. The van der Waals surface area contributed by atoms with Crippen LogP contribution in [0.4, 0.5) is 0 Å². The van der Waals surface area contributed by atoms with E-state index in [1.165, 1.54) is 16.6 Å². The predicted octanol–water partition coefficient (Wildman–Crippen LogP) is 0.121. The second-order valence-corrected chi connectivity index (χ2v) is 4.05. The smallest absolute Gasteiger partial charge is 0.356 e. The zero-order chi connectivity index (χ0) is 13.6. The Morgan fingerprint density at radius 1 is 1.42 bits per heavy atom. The lowest BCUT2D eigenvalue weighted by Crippen LogP contribution is -2.09. The number of hydrogen-bond donors (Lipinski definition) is 2. The summed E-state index contributed by atoms with van der Waals surface area (Å²) >= 11 is 0. The number of aromatic amines is 1. The molecule has 0 bridgehead atoms. The van der Waals surface area contributed by atoms with Gasteiger partial charge in [0, 0.05) is 30.9 Å². The van der Waals surface area contributed by atoms with Gasteiger partial charge in [-0.15, -0.1) is 0 Å². The van der Waals surface area contributed by atoms with Gasteiger partial charge in [-0.2, -0.15) is 10.2 Å². The number of carboxylic acids is 1. The lowest BCUT2D eigenvalue weighted by Gasteiger charge is -2.00. The molecule has 0 amide bonds. The Labute approximate surface area is 105 Å².